The molecule has 3 rings (SSSR count). The molecule has 0 N–H and O–H groups in total. The summed E-state index contributed by atoms with van der Waals surface area (Å²) in [6, 6.07) is 5.91. The molecule has 1 aliphatic heterocycles. The molecule has 1 fully saturated rings. The van der Waals surface area contributed by atoms with E-state index in [1.54, 1.807) is 17.5 Å². The molecule has 0 atom stereocenters. The topological polar surface area (TPSA) is 55.3 Å². The van der Waals surface area contributed by atoms with Crippen LogP contribution in [0.4, 0.5) is 0 Å². The summed E-state index contributed by atoms with van der Waals surface area (Å²) < 4.78 is 5.25. The van der Waals surface area contributed by atoms with Crippen LogP contribution in [0, 0.1) is 0 Å². The van der Waals surface area contributed by atoms with Crippen molar-refractivity contribution >= 4 is 29.0 Å². The standard InChI is InChI=1S/C14H15N3O2S2/c18-13(17-5-7-19-8-6-17)10-21-14-15-4-3-11(16-14)12-2-1-9-20-12/h1-4,9H,5-8,10H2. The smallest absolute Gasteiger partial charge is 0.233 e. The van der Waals surface area contributed by atoms with Gasteiger partial charge in [-0.05, 0) is 17.5 Å². The van der Waals surface area contributed by atoms with Crippen LogP contribution in [0.25, 0.3) is 10.6 Å². The third-order valence-corrected chi connectivity index (χ3v) is 4.83. The van der Waals surface area contributed by atoms with Crippen molar-refractivity contribution < 1.29 is 9.53 Å². The normalized spacial score (nSPS) is 15.1. The van der Waals surface area contributed by atoms with Gasteiger partial charge in [0.2, 0.25) is 5.91 Å². The second-order valence-electron chi connectivity index (χ2n) is 4.48. The van der Waals surface area contributed by atoms with Crippen molar-refractivity contribution in [3.05, 3.63) is 29.8 Å². The number of hydrogen-bond acceptors (Lipinski definition) is 6. The summed E-state index contributed by atoms with van der Waals surface area (Å²) in [5, 5.41) is 2.66. The van der Waals surface area contributed by atoms with Gasteiger partial charge in [-0.2, -0.15) is 0 Å². The fourth-order valence-corrected chi connectivity index (χ4v) is 3.43. The average molecular weight is 321 g/mol. The highest BCUT2D eigenvalue weighted by Crippen LogP contribution is 2.24. The highest BCUT2D eigenvalue weighted by Gasteiger charge is 2.17. The summed E-state index contributed by atoms with van der Waals surface area (Å²) in [7, 11) is 0. The number of nitrogens with zero attached hydrogens (tertiary/aromatic N) is 3. The molecule has 0 unspecified atom stereocenters. The van der Waals surface area contributed by atoms with Crippen LogP contribution in [0.1, 0.15) is 0 Å². The molecule has 0 spiro atoms. The lowest BCUT2D eigenvalue weighted by Gasteiger charge is -2.26. The van der Waals surface area contributed by atoms with E-state index >= 15 is 0 Å². The molecule has 0 aromatic carbocycles. The van der Waals surface area contributed by atoms with Crippen molar-refractivity contribution in [2.75, 3.05) is 32.1 Å². The Bertz CT molecular complexity index is 598. The van der Waals surface area contributed by atoms with Gasteiger partial charge in [-0.15, -0.1) is 11.3 Å². The van der Waals surface area contributed by atoms with Crippen molar-refractivity contribution in [3.8, 4) is 10.6 Å². The first-order chi connectivity index (χ1) is 10.3. The summed E-state index contributed by atoms with van der Waals surface area (Å²) >= 11 is 3.03. The van der Waals surface area contributed by atoms with Crippen LogP contribution in [0.5, 0.6) is 0 Å². The van der Waals surface area contributed by atoms with E-state index in [1.807, 2.05) is 28.5 Å². The minimum absolute atomic E-state index is 0.119. The Morgan fingerprint density at radius 2 is 2.24 bits per heavy atom. The third-order valence-electron chi connectivity index (χ3n) is 3.10. The number of ether oxygens (including phenoxy) is 1. The molecular weight excluding hydrogens is 306 g/mol. The second-order valence-corrected chi connectivity index (χ2v) is 6.37. The van der Waals surface area contributed by atoms with Crippen molar-refractivity contribution in [3.63, 3.8) is 0 Å². The summed E-state index contributed by atoms with van der Waals surface area (Å²) in [6.07, 6.45) is 1.74. The lowest BCUT2D eigenvalue weighted by Crippen LogP contribution is -2.41. The highest BCUT2D eigenvalue weighted by atomic mass is 32.2. The Labute approximate surface area is 131 Å². The van der Waals surface area contributed by atoms with E-state index in [4.69, 9.17) is 4.74 Å². The number of carbonyl (C=O) groups excluding carboxylic acids is 1. The number of aromatic nitrogens is 2. The van der Waals surface area contributed by atoms with Gasteiger partial charge in [-0.25, -0.2) is 9.97 Å². The Hall–Kier alpha value is -1.44. The number of thioether (sulfide) groups is 1. The molecule has 1 saturated heterocycles. The monoisotopic (exact) mass is 321 g/mol. The van der Waals surface area contributed by atoms with Gasteiger partial charge in [-0.1, -0.05) is 17.8 Å². The zero-order valence-corrected chi connectivity index (χ0v) is 13.0. The van der Waals surface area contributed by atoms with Gasteiger partial charge in [0, 0.05) is 19.3 Å². The fourth-order valence-electron chi connectivity index (χ4n) is 2.00. The SMILES string of the molecule is O=C(CSc1nccc(-c2cccs2)n1)N1CCOCC1. The molecule has 2 aromatic rings. The Morgan fingerprint density at radius 1 is 1.38 bits per heavy atom. The molecule has 3 heterocycles. The fraction of sp³-hybridized carbons (Fsp3) is 0.357. The van der Waals surface area contributed by atoms with Gasteiger partial charge < -0.3 is 9.64 Å². The van der Waals surface area contributed by atoms with E-state index in [0.717, 1.165) is 10.6 Å². The molecule has 1 amide bonds. The number of thiophene rings is 1. The number of amides is 1. The lowest BCUT2D eigenvalue weighted by molar-refractivity contribution is -0.132. The minimum Gasteiger partial charge on any atom is -0.378 e. The molecule has 0 saturated carbocycles. The Morgan fingerprint density at radius 3 is 3.00 bits per heavy atom. The van der Waals surface area contributed by atoms with Crippen molar-refractivity contribution in [2.45, 2.75) is 5.16 Å². The molecule has 7 heteroatoms. The maximum absolute atomic E-state index is 12.1. The van der Waals surface area contributed by atoms with E-state index in [-0.39, 0.29) is 5.91 Å². The molecule has 2 aromatic heterocycles. The quantitative estimate of drug-likeness (QED) is 0.638. The molecule has 1 aliphatic rings. The largest absolute Gasteiger partial charge is 0.378 e. The van der Waals surface area contributed by atoms with Gasteiger partial charge in [0.05, 0.1) is 29.5 Å². The third kappa shape index (κ3) is 3.81. The summed E-state index contributed by atoms with van der Waals surface area (Å²) in [5.41, 5.74) is 0.904. The van der Waals surface area contributed by atoms with Crippen molar-refractivity contribution in [1.29, 1.82) is 0 Å². The number of hydrogen-bond donors (Lipinski definition) is 0. The van der Waals surface area contributed by atoms with E-state index in [2.05, 4.69) is 9.97 Å². The molecule has 5 nitrogen and oxygen atoms in total. The summed E-state index contributed by atoms with van der Waals surface area (Å²) in [4.78, 5) is 23.8. The van der Waals surface area contributed by atoms with Crippen molar-refractivity contribution in [1.82, 2.24) is 14.9 Å². The first-order valence-electron chi connectivity index (χ1n) is 6.68. The number of morpholine rings is 1. The second kappa shape index (κ2) is 7.02. The van der Waals surface area contributed by atoms with Gasteiger partial charge >= 0.3 is 0 Å². The van der Waals surface area contributed by atoms with Crippen LogP contribution in [-0.2, 0) is 9.53 Å². The van der Waals surface area contributed by atoms with E-state index in [0.29, 0.717) is 37.2 Å². The Kier molecular flexibility index (Phi) is 4.84. The number of carbonyl (C=O) groups is 1. The van der Waals surface area contributed by atoms with Gasteiger partial charge in [0.25, 0.3) is 0 Å². The van der Waals surface area contributed by atoms with Crippen LogP contribution < -0.4 is 0 Å². The lowest BCUT2D eigenvalue weighted by atomic mass is 10.3. The highest BCUT2D eigenvalue weighted by molar-refractivity contribution is 7.99. The first-order valence-corrected chi connectivity index (χ1v) is 8.55. The van der Waals surface area contributed by atoms with Crippen LogP contribution in [0.15, 0.2) is 34.9 Å². The predicted molar refractivity (Wildman–Crippen MR) is 83.5 cm³/mol. The van der Waals surface area contributed by atoms with Crippen LogP contribution in [0.3, 0.4) is 0 Å². The van der Waals surface area contributed by atoms with Gasteiger partial charge in [-0.3, -0.25) is 4.79 Å². The molecule has 0 aliphatic carbocycles. The van der Waals surface area contributed by atoms with Crippen molar-refractivity contribution in [2.24, 2.45) is 0 Å². The van der Waals surface area contributed by atoms with E-state index in [1.165, 1.54) is 11.8 Å². The van der Waals surface area contributed by atoms with Crippen LogP contribution >= 0.6 is 23.1 Å². The Balaban J connectivity index is 1.60. The van der Waals surface area contributed by atoms with E-state index in [9.17, 15) is 4.79 Å². The van der Waals surface area contributed by atoms with Crippen LogP contribution in [0.2, 0.25) is 0 Å². The molecule has 110 valence electrons. The predicted octanol–water partition coefficient (Wildman–Crippen LogP) is 2.16. The summed E-state index contributed by atoms with van der Waals surface area (Å²) in [6.45, 7) is 2.60. The summed E-state index contributed by atoms with van der Waals surface area (Å²) in [5.74, 6) is 0.488. The molecule has 0 radical (unpaired) electrons. The van der Waals surface area contributed by atoms with Gasteiger partial charge in [0.15, 0.2) is 5.16 Å². The maximum atomic E-state index is 12.1. The zero-order chi connectivity index (χ0) is 14.5. The molecular formula is C14H15N3O2S2. The minimum atomic E-state index is 0.119. The first kappa shape index (κ1) is 14.5. The maximum Gasteiger partial charge on any atom is 0.233 e. The van der Waals surface area contributed by atoms with Crippen LogP contribution in [-0.4, -0.2) is 52.8 Å². The zero-order valence-electron chi connectivity index (χ0n) is 11.4. The number of rotatable bonds is 4. The van der Waals surface area contributed by atoms with Gasteiger partial charge in [0.1, 0.15) is 0 Å². The molecule has 21 heavy (non-hydrogen) atoms. The molecule has 0 bridgehead atoms. The van der Waals surface area contributed by atoms with E-state index < -0.39 is 0 Å². The average Bonchev–Trinajstić information content (AvgIpc) is 3.08.